The van der Waals surface area contributed by atoms with Gasteiger partial charge in [-0.3, -0.25) is 4.79 Å². The molecule has 0 saturated heterocycles. The van der Waals surface area contributed by atoms with Crippen molar-refractivity contribution in [3.63, 3.8) is 0 Å². The first kappa shape index (κ1) is 15.1. The standard InChI is InChI=1S/C14H13ClN2O4/c1-8-11(16-7-21-8)13(18)17-12(14(19)20-2)9-3-5-10(15)6-4-9/h3-7,12H,1-2H3,(H,17,18). The van der Waals surface area contributed by atoms with E-state index >= 15 is 0 Å². The van der Waals surface area contributed by atoms with Gasteiger partial charge in [0.2, 0.25) is 0 Å². The van der Waals surface area contributed by atoms with Gasteiger partial charge in [0.25, 0.3) is 5.91 Å². The minimum Gasteiger partial charge on any atom is -0.467 e. The summed E-state index contributed by atoms with van der Waals surface area (Å²) >= 11 is 5.81. The van der Waals surface area contributed by atoms with E-state index in [-0.39, 0.29) is 5.69 Å². The molecule has 1 atom stereocenters. The number of carbonyl (C=O) groups is 2. The fraction of sp³-hybridized carbons (Fsp3) is 0.214. The molecule has 1 N–H and O–H groups in total. The molecule has 6 nitrogen and oxygen atoms in total. The van der Waals surface area contributed by atoms with Crippen molar-refractivity contribution < 1.29 is 18.7 Å². The molecule has 1 heterocycles. The Morgan fingerprint density at radius 2 is 2.00 bits per heavy atom. The van der Waals surface area contributed by atoms with E-state index in [0.29, 0.717) is 16.3 Å². The van der Waals surface area contributed by atoms with E-state index in [9.17, 15) is 9.59 Å². The van der Waals surface area contributed by atoms with Crippen LogP contribution in [0.15, 0.2) is 35.1 Å². The fourth-order valence-corrected chi connectivity index (χ4v) is 1.90. The molecule has 2 aromatic rings. The molecule has 1 aromatic heterocycles. The number of halogens is 1. The number of benzene rings is 1. The Hall–Kier alpha value is -2.34. The Labute approximate surface area is 126 Å². The molecule has 0 aliphatic heterocycles. The summed E-state index contributed by atoms with van der Waals surface area (Å²) in [7, 11) is 1.25. The molecule has 0 aliphatic carbocycles. The van der Waals surface area contributed by atoms with E-state index < -0.39 is 17.9 Å². The number of ether oxygens (including phenoxy) is 1. The van der Waals surface area contributed by atoms with Gasteiger partial charge in [0.1, 0.15) is 5.76 Å². The van der Waals surface area contributed by atoms with Crippen molar-refractivity contribution >= 4 is 23.5 Å². The number of carbonyl (C=O) groups excluding carboxylic acids is 2. The number of oxazole rings is 1. The van der Waals surface area contributed by atoms with Gasteiger partial charge >= 0.3 is 5.97 Å². The summed E-state index contributed by atoms with van der Waals surface area (Å²) < 4.78 is 9.68. The number of nitrogens with zero attached hydrogens (tertiary/aromatic N) is 1. The number of aromatic nitrogens is 1. The zero-order valence-corrected chi connectivity index (χ0v) is 12.2. The van der Waals surface area contributed by atoms with Gasteiger partial charge in [-0.25, -0.2) is 9.78 Å². The van der Waals surface area contributed by atoms with E-state index in [0.717, 1.165) is 0 Å². The first-order valence-corrected chi connectivity index (χ1v) is 6.45. The Morgan fingerprint density at radius 1 is 1.33 bits per heavy atom. The molecular formula is C14H13ClN2O4. The molecule has 0 aliphatic rings. The Balaban J connectivity index is 2.25. The lowest BCUT2D eigenvalue weighted by Gasteiger charge is -2.16. The summed E-state index contributed by atoms with van der Waals surface area (Å²) in [4.78, 5) is 27.8. The molecular weight excluding hydrogens is 296 g/mol. The van der Waals surface area contributed by atoms with Crippen molar-refractivity contribution in [2.24, 2.45) is 0 Å². The van der Waals surface area contributed by atoms with Gasteiger partial charge < -0.3 is 14.5 Å². The number of hydrogen-bond donors (Lipinski definition) is 1. The topological polar surface area (TPSA) is 81.4 Å². The maximum Gasteiger partial charge on any atom is 0.333 e. The molecule has 110 valence electrons. The van der Waals surface area contributed by atoms with Crippen LogP contribution in [0, 0.1) is 6.92 Å². The zero-order chi connectivity index (χ0) is 15.4. The third-order valence-electron chi connectivity index (χ3n) is 2.88. The van der Waals surface area contributed by atoms with Gasteiger partial charge in [-0.2, -0.15) is 0 Å². The molecule has 0 bridgehead atoms. The van der Waals surface area contributed by atoms with Crippen molar-refractivity contribution in [2.75, 3.05) is 7.11 Å². The van der Waals surface area contributed by atoms with Crippen molar-refractivity contribution in [1.29, 1.82) is 0 Å². The van der Waals surface area contributed by atoms with Gasteiger partial charge in [0.05, 0.1) is 7.11 Å². The third-order valence-corrected chi connectivity index (χ3v) is 3.13. The maximum atomic E-state index is 12.1. The first-order valence-electron chi connectivity index (χ1n) is 6.07. The first-order chi connectivity index (χ1) is 10.0. The van der Waals surface area contributed by atoms with Gasteiger partial charge in [0, 0.05) is 5.02 Å². The summed E-state index contributed by atoms with van der Waals surface area (Å²) in [6.45, 7) is 1.61. The van der Waals surface area contributed by atoms with Crippen molar-refractivity contribution in [3.8, 4) is 0 Å². The maximum absolute atomic E-state index is 12.1. The van der Waals surface area contributed by atoms with Gasteiger partial charge in [-0.15, -0.1) is 0 Å². The Bertz CT molecular complexity index is 651. The lowest BCUT2D eigenvalue weighted by atomic mass is 10.1. The van der Waals surface area contributed by atoms with Crippen LogP contribution in [0.25, 0.3) is 0 Å². The van der Waals surface area contributed by atoms with Crippen LogP contribution in [0.3, 0.4) is 0 Å². The molecule has 1 unspecified atom stereocenters. The molecule has 0 radical (unpaired) electrons. The number of esters is 1. The molecule has 0 spiro atoms. The highest BCUT2D eigenvalue weighted by atomic mass is 35.5. The number of rotatable bonds is 4. The molecule has 1 aromatic carbocycles. The number of hydrogen-bond acceptors (Lipinski definition) is 5. The molecule has 7 heteroatoms. The number of nitrogens with one attached hydrogen (secondary N) is 1. The van der Waals surface area contributed by atoms with Gasteiger partial charge in [-0.05, 0) is 24.6 Å². The van der Waals surface area contributed by atoms with Crippen LogP contribution in [-0.2, 0) is 9.53 Å². The summed E-state index contributed by atoms with van der Waals surface area (Å²) in [5, 5.41) is 3.10. The normalized spacial score (nSPS) is 11.8. The van der Waals surface area contributed by atoms with E-state index in [2.05, 4.69) is 10.3 Å². The molecule has 1 amide bonds. The minimum absolute atomic E-state index is 0.123. The predicted octanol–water partition coefficient (Wildman–Crippen LogP) is 2.28. The predicted molar refractivity (Wildman–Crippen MR) is 74.9 cm³/mol. The van der Waals surface area contributed by atoms with Crippen LogP contribution in [0.2, 0.25) is 5.02 Å². The smallest absolute Gasteiger partial charge is 0.333 e. The second-order valence-corrected chi connectivity index (χ2v) is 4.67. The van der Waals surface area contributed by atoms with Crippen molar-refractivity contribution in [2.45, 2.75) is 13.0 Å². The van der Waals surface area contributed by atoms with E-state index in [4.69, 9.17) is 20.8 Å². The third kappa shape index (κ3) is 3.41. The number of methoxy groups -OCH3 is 1. The second-order valence-electron chi connectivity index (χ2n) is 4.24. The average Bonchev–Trinajstić information content (AvgIpc) is 2.91. The zero-order valence-electron chi connectivity index (χ0n) is 11.4. The average molecular weight is 309 g/mol. The highest BCUT2D eigenvalue weighted by Gasteiger charge is 2.26. The minimum atomic E-state index is -0.948. The van der Waals surface area contributed by atoms with E-state index in [1.54, 1.807) is 31.2 Å². The van der Waals surface area contributed by atoms with Crippen LogP contribution in [-0.4, -0.2) is 24.0 Å². The molecule has 21 heavy (non-hydrogen) atoms. The quantitative estimate of drug-likeness (QED) is 0.876. The van der Waals surface area contributed by atoms with Crippen LogP contribution < -0.4 is 5.32 Å². The Morgan fingerprint density at radius 3 is 2.52 bits per heavy atom. The van der Waals surface area contributed by atoms with Crippen molar-refractivity contribution in [3.05, 3.63) is 52.7 Å². The highest BCUT2D eigenvalue weighted by molar-refractivity contribution is 6.30. The monoisotopic (exact) mass is 308 g/mol. The summed E-state index contributed by atoms with van der Waals surface area (Å²) in [5.41, 5.74) is 0.679. The van der Waals surface area contributed by atoms with Crippen LogP contribution >= 0.6 is 11.6 Å². The summed E-state index contributed by atoms with van der Waals surface area (Å²) in [6, 6.07) is 5.58. The summed E-state index contributed by atoms with van der Waals surface area (Å²) in [5.74, 6) is -0.745. The van der Waals surface area contributed by atoms with E-state index in [1.165, 1.54) is 13.5 Å². The van der Waals surface area contributed by atoms with Gasteiger partial charge in [-0.1, -0.05) is 23.7 Å². The van der Waals surface area contributed by atoms with Crippen LogP contribution in [0.4, 0.5) is 0 Å². The lowest BCUT2D eigenvalue weighted by molar-refractivity contribution is -0.143. The van der Waals surface area contributed by atoms with Crippen LogP contribution in [0.5, 0.6) is 0 Å². The summed E-state index contributed by atoms with van der Waals surface area (Å²) in [6.07, 6.45) is 1.17. The molecule has 0 fully saturated rings. The number of amides is 1. The Kier molecular flexibility index (Phi) is 4.59. The fourth-order valence-electron chi connectivity index (χ4n) is 1.77. The number of aryl methyl sites for hydroxylation is 1. The largest absolute Gasteiger partial charge is 0.467 e. The van der Waals surface area contributed by atoms with Crippen molar-refractivity contribution in [1.82, 2.24) is 10.3 Å². The lowest BCUT2D eigenvalue weighted by Crippen LogP contribution is -2.35. The molecule has 2 rings (SSSR count). The SMILES string of the molecule is COC(=O)C(NC(=O)c1ncoc1C)c1ccc(Cl)cc1. The van der Waals surface area contributed by atoms with E-state index in [1.807, 2.05) is 0 Å². The van der Waals surface area contributed by atoms with Crippen LogP contribution in [0.1, 0.15) is 27.9 Å². The second kappa shape index (κ2) is 6.41. The van der Waals surface area contributed by atoms with Gasteiger partial charge in [0.15, 0.2) is 18.1 Å². The molecule has 0 saturated carbocycles. The highest BCUT2D eigenvalue weighted by Crippen LogP contribution is 2.18.